The number of rotatable bonds is 5. The van der Waals surface area contributed by atoms with E-state index in [4.69, 9.17) is 17.0 Å². The number of para-hydroxylation sites is 2. The number of ether oxygens (including phenoxy) is 1. The highest BCUT2D eigenvalue weighted by Gasteiger charge is 2.33. The molecule has 1 amide bonds. The fraction of sp³-hybridized carbons (Fsp3) is 0.235. The van der Waals surface area contributed by atoms with Crippen molar-refractivity contribution in [2.45, 2.75) is 20.4 Å². The van der Waals surface area contributed by atoms with Crippen molar-refractivity contribution in [3.05, 3.63) is 47.9 Å². The van der Waals surface area contributed by atoms with E-state index in [2.05, 4.69) is 10.4 Å². The van der Waals surface area contributed by atoms with Gasteiger partial charge in [-0.2, -0.15) is 5.10 Å². The van der Waals surface area contributed by atoms with Crippen molar-refractivity contribution in [2.24, 2.45) is 0 Å². The Morgan fingerprint density at radius 3 is 2.83 bits per heavy atom. The third-order valence-electron chi connectivity index (χ3n) is 3.63. The van der Waals surface area contributed by atoms with Crippen LogP contribution in [0, 0.1) is 0 Å². The maximum atomic E-state index is 12.8. The van der Waals surface area contributed by atoms with Gasteiger partial charge in [0.2, 0.25) is 0 Å². The van der Waals surface area contributed by atoms with Gasteiger partial charge in [-0.05, 0) is 50.3 Å². The highest BCUT2D eigenvalue weighted by atomic mass is 32.1. The number of amides is 1. The molecule has 0 radical (unpaired) electrons. The smallest absolute Gasteiger partial charge is 0.281 e. The summed E-state index contributed by atoms with van der Waals surface area (Å²) in [6, 6.07) is 9.20. The highest BCUT2D eigenvalue weighted by Crippen LogP contribution is 2.31. The first-order valence-corrected chi connectivity index (χ1v) is 8.17. The Kier molecular flexibility index (Phi) is 4.61. The van der Waals surface area contributed by atoms with Crippen LogP contribution in [0.3, 0.4) is 0 Å². The quantitative estimate of drug-likeness (QED) is 0.668. The molecule has 3 rings (SSSR count). The molecule has 0 saturated carbocycles. The summed E-state index contributed by atoms with van der Waals surface area (Å²) in [4.78, 5) is 14.3. The minimum atomic E-state index is -0.212. The normalized spacial score (nSPS) is 15.9. The molecular weight excluding hydrogens is 324 g/mol. The van der Waals surface area contributed by atoms with Crippen molar-refractivity contribution < 1.29 is 9.53 Å². The van der Waals surface area contributed by atoms with Crippen LogP contribution in [-0.2, 0) is 11.3 Å². The average molecular weight is 342 g/mol. The van der Waals surface area contributed by atoms with Crippen LogP contribution in [0.1, 0.15) is 19.5 Å². The predicted molar refractivity (Wildman–Crippen MR) is 96.7 cm³/mol. The van der Waals surface area contributed by atoms with Crippen LogP contribution >= 0.6 is 12.2 Å². The number of anilines is 1. The van der Waals surface area contributed by atoms with Gasteiger partial charge >= 0.3 is 0 Å². The number of aromatic nitrogens is 2. The third-order valence-corrected chi connectivity index (χ3v) is 3.91. The number of hydrogen-bond acceptors (Lipinski definition) is 4. The zero-order valence-corrected chi connectivity index (χ0v) is 14.3. The van der Waals surface area contributed by atoms with Gasteiger partial charge in [-0.15, -0.1) is 0 Å². The molecule has 24 heavy (non-hydrogen) atoms. The van der Waals surface area contributed by atoms with Gasteiger partial charge in [0.15, 0.2) is 5.11 Å². The molecule has 7 heteroatoms. The topological polar surface area (TPSA) is 59.4 Å². The van der Waals surface area contributed by atoms with Crippen LogP contribution < -0.4 is 15.0 Å². The summed E-state index contributed by atoms with van der Waals surface area (Å²) >= 11 is 5.35. The van der Waals surface area contributed by atoms with Gasteiger partial charge in [-0.1, -0.05) is 12.1 Å². The van der Waals surface area contributed by atoms with E-state index in [-0.39, 0.29) is 5.91 Å². The number of carbonyl (C=O) groups excluding carboxylic acids is 1. The second-order valence-corrected chi connectivity index (χ2v) is 5.49. The first-order valence-electron chi connectivity index (χ1n) is 7.76. The zero-order valence-electron chi connectivity index (χ0n) is 13.5. The van der Waals surface area contributed by atoms with Crippen molar-refractivity contribution in [1.29, 1.82) is 0 Å². The van der Waals surface area contributed by atoms with E-state index >= 15 is 0 Å². The summed E-state index contributed by atoms with van der Waals surface area (Å²) in [7, 11) is 0. The Labute approximate surface area is 145 Å². The monoisotopic (exact) mass is 342 g/mol. The van der Waals surface area contributed by atoms with Crippen LogP contribution in [0.5, 0.6) is 5.75 Å². The maximum Gasteiger partial charge on any atom is 0.281 e. The first-order chi connectivity index (χ1) is 11.7. The number of hydrogen-bond donors (Lipinski definition) is 1. The zero-order chi connectivity index (χ0) is 17.1. The average Bonchev–Trinajstić information content (AvgIpc) is 3.13. The summed E-state index contributed by atoms with van der Waals surface area (Å²) in [5.74, 6) is 0.411. The summed E-state index contributed by atoms with van der Waals surface area (Å²) in [6.07, 6.45) is 3.46. The molecule has 1 aromatic heterocycles. The van der Waals surface area contributed by atoms with Crippen LogP contribution in [0.15, 0.2) is 42.2 Å². The van der Waals surface area contributed by atoms with Crippen molar-refractivity contribution in [2.75, 3.05) is 11.5 Å². The molecule has 6 nitrogen and oxygen atoms in total. The fourth-order valence-corrected chi connectivity index (χ4v) is 2.84. The summed E-state index contributed by atoms with van der Waals surface area (Å²) in [6.45, 7) is 5.13. The van der Waals surface area contributed by atoms with Crippen molar-refractivity contribution >= 4 is 35.0 Å². The molecule has 2 heterocycles. The number of nitrogens with one attached hydrogen (secondary N) is 1. The van der Waals surface area contributed by atoms with E-state index in [1.807, 2.05) is 48.9 Å². The van der Waals surface area contributed by atoms with E-state index in [1.54, 1.807) is 12.3 Å². The summed E-state index contributed by atoms with van der Waals surface area (Å²) in [5, 5.41) is 7.52. The Hall–Kier alpha value is -2.67. The number of benzene rings is 1. The molecule has 1 aliphatic heterocycles. The molecule has 124 valence electrons. The standard InChI is InChI=1S/C17H18N4O2S/c1-3-20-12(9-10-18-20)11-13-16(22)21(17(24)19-13)14-7-5-6-8-15(14)23-4-2/h5-11H,3-4H2,1-2H3,(H,19,24)/b13-11+. The Morgan fingerprint density at radius 1 is 1.29 bits per heavy atom. The highest BCUT2D eigenvalue weighted by molar-refractivity contribution is 7.80. The van der Waals surface area contributed by atoms with Gasteiger partial charge < -0.3 is 10.1 Å². The second kappa shape index (κ2) is 6.84. The molecule has 1 aromatic carbocycles. The van der Waals surface area contributed by atoms with Crippen LogP contribution in [0.4, 0.5) is 5.69 Å². The Balaban J connectivity index is 1.96. The van der Waals surface area contributed by atoms with E-state index in [0.717, 1.165) is 12.2 Å². The van der Waals surface area contributed by atoms with Gasteiger partial charge in [0.1, 0.15) is 11.4 Å². The number of nitrogens with zero attached hydrogens (tertiary/aromatic N) is 3. The lowest BCUT2D eigenvalue weighted by Gasteiger charge is -2.17. The van der Waals surface area contributed by atoms with Gasteiger partial charge in [0.05, 0.1) is 18.0 Å². The second-order valence-electron chi connectivity index (χ2n) is 5.10. The molecule has 1 fully saturated rings. The van der Waals surface area contributed by atoms with Gasteiger partial charge in [-0.3, -0.25) is 9.48 Å². The van der Waals surface area contributed by atoms with Gasteiger partial charge in [-0.25, -0.2) is 4.90 Å². The lowest BCUT2D eigenvalue weighted by molar-refractivity contribution is -0.113. The molecule has 0 spiro atoms. The molecule has 0 bridgehead atoms. The number of thiocarbonyl (C=S) groups is 1. The third kappa shape index (κ3) is 2.90. The van der Waals surface area contributed by atoms with E-state index in [9.17, 15) is 4.79 Å². The number of carbonyl (C=O) groups is 1. The van der Waals surface area contributed by atoms with E-state index < -0.39 is 0 Å². The molecule has 0 aliphatic carbocycles. The van der Waals surface area contributed by atoms with Crippen molar-refractivity contribution in [1.82, 2.24) is 15.1 Å². The summed E-state index contributed by atoms with van der Waals surface area (Å²) in [5.41, 5.74) is 1.90. The largest absolute Gasteiger partial charge is 0.492 e. The lowest BCUT2D eigenvalue weighted by Crippen LogP contribution is -2.30. The fourth-order valence-electron chi connectivity index (χ4n) is 2.55. The van der Waals surface area contributed by atoms with Crippen molar-refractivity contribution in [3.63, 3.8) is 0 Å². The molecule has 0 unspecified atom stereocenters. The summed E-state index contributed by atoms with van der Waals surface area (Å²) < 4.78 is 7.42. The minimum Gasteiger partial charge on any atom is -0.492 e. The Bertz CT molecular complexity index is 812. The van der Waals surface area contributed by atoms with Crippen LogP contribution in [0.2, 0.25) is 0 Å². The molecule has 2 aromatic rings. The lowest BCUT2D eigenvalue weighted by atomic mass is 10.2. The molecule has 1 N–H and O–H groups in total. The molecular formula is C17H18N4O2S. The molecule has 1 saturated heterocycles. The van der Waals surface area contributed by atoms with E-state index in [0.29, 0.717) is 28.9 Å². The number of aryl methyl sites for hydroxylation is 1. The Morgan fingerprint density at radius 2 is 2.08 bits per heavy atom. The van der Waals surface area contributed by atoms with Crippen LogP contribution in [-0.4, -0.2) is 27.4 Å². The van der Waals surface area contributed by atoms with Gasteiger partial charge in [0, 0.05) is 12.7 Å². The molecule has 1 aliphatic rings. The maximum absolute atomic E-state index is 12.8. The minimum absolute atomic E-state index is 0.212. The van der Waals surface area contributed by atoms with E-state index in [1.165, 1.54) is 4.90 Å². The predicted octanol–water partition coefficient (Wildman–Crippen LogP) is 2.56. The van der Waals surface area contributed by atoms with Crippen LogP contribution in [0.25, 0.3) is 6.08 Å². The van der Waals surface area contributed by atoms with Crippen molar-refractivity contribution in [3.8, 4) is 5.75 Å². The SMILES string of the molecule is CCOc1ccccc1N1C(=O)/C(=C\c2ccnn2CC)NC1=S. The first kappa shape index (κ1) is 16.2. The molecule has 0 atom stereocenters. The van der Waals surface area contributed by atoms with Gasteiger partial charge in [0.25, 0.3) is 5.91 Å².